The second kappa shape index (κ2) is 11.1. The predicted molar refractivity (Wildman–Crippen MR) is 146 cm³/mol. The summed E-state index contributed by atoms with van der Waals surface area (Å²) in [5.74, 6) is -0.391. The van der Waals surface area contributed by atoms with Crippen molar-refractivity contribution in [1.82, 2.24) is 25.5 Å². The molecule has 39 heavy (non-hydrogen) atoms. The molecule has 0 aliphatic rings. The fraction of sp³-hybridized carbons (Fsp3) is 0.138. The molecule has 1 atom stereocenters. The van der Waals surface area contributed by atoms with E-state index in [4.69, 9.17) is 5.73 Å². The van der Waals surface area contributed by atoms with E-state index >= 15 is 0 Å². The van der Waals surface area contributed by atoms with Gasteiger partial charge >= 0.3 is 0 Å². The number of fused-ring (bicyclic) bond motifs is 1. The Balaban J connectivity index is 1.30. The molecule has 1 unspecified atom stereocenters. The molecule has 0 aliphatic carbocycles. The minimum atomic E-state index is -0.395. The standard InChI is InChI=1S/C29H25FN8O/c1-17(20-6-8-23(30)9-7-20)36-29(39)25-10-19(12-31)15-34-27(25)33-14-18-2-4-21(5-3-18)22-11-24-26(13-32)37-38-28(24)35-16-22/h2-11,15-17H,13-14,32H2,1H3,(H,33,34)(H,36,39)(H,35,37,38). The highest BCUT2D eigenvalue weighted by atomic mass is 19.1. The van der Waals surface area contributed by atoms with Crippen LogP contribution in [0.25, 0.3) is 22.2 Å². The number of rotatable bonds is 8. The minimum Gasteiger partial charge on any atom is -0.365 e. The number of nitrogens with zero attached hydrogens (tertiary/aromatic N) is 4. The van der Waals surface area contributed by atoms with E-state index in [1.807, 2.05) is 36.4 Å². The van der Waals surface area contributed by atoms with E-state index in [1.54, 1.807) is 25.3 Å². The number of carbonyl (C=O) groups excluding carboxylic acids is 1. The summed E-state index contributed by atoms with van der Waals surface area (Å²) in [4.78, 5) is 21.8. The molecule has 0 radical (unpaired) electrons. The number of nitrogens with one attached hydrogen (secondary N) is 3. The lowest BCUT2D eigenvalue weighted by Gasteiger charge is -2.16. The van der Waals surface area contributed by atoms with Gasteiger partial charge < -0.3 is 16.4 Å². The summed E-state index contributed by atoms with van der Waals surface area (Å²) in [6.07, 6.45) is 3.19. The molecule has 10 heteroatoms. The third-order valence-electron chi connectivity index (χ3n) is 6.42. The summed E-state index contributed by atoms with van der Waals surface area (Å²) in [6, 6.07) is 19.0. The Kier molecular flexibility index (Phi) is 7.25. The SMILES string of the molecule is CC(NC(=O)c1cc(C#N)cnc1NCc1ccc(-c2cnc3n[nH]c(CN)c3c2)cc1)c1ccc(F)cc1. The maximum absolute atomic E-state index is 13.3. The molecule has 9 nitrogen and oxygen atoms in total. The van der Waals surface area contributed by atoms with Crippen molar-refractivity contribution in [2.75, 3.05) is 5.32 Å². The summed E-state index contributed by atoms with van der Waals surface area (Å²) in [5, 5.41) is 23.4. The molecule has 194 valence electrons. The maximum atomic E-state index is 13.3. The van der Waals surface area contributed by atoms with E-state index in [0.717, 1.165) is 33.3 Å². The zero-order chi connectivity index (χ0) is 27.4. The number of amides is 1. The van der Waals surface area contributed by atoms with Gasteiger partial charge in [-0.25, -0.2) is 14.4 Å². The number of hydrogen-bond acceptors (Lipinski definition) is 7. The van der Waals surface area contributed by atoms with Gasteiger partial charge in [0.25, 0.3) is 5.91 Å². The third-order valence-corrected chi connectivity index (χ3v) is 6.42. The fourth-order valence-corrected chi connectivity index (χ4v) is 4.21. The lowest BCUT2D eigenvalue weighted by atomic mass is 10.0. The molecule has 0 spiro atoms. The molecule has 5 rings (SSSR count). The molecule has 0 bridgehead atoms. The third kappa shape index (κ3) is 5.58. The van der Waals surface area contributed by atoms with Crippen molar-refractivity contribution in [1.29, 1.82) is 5.26 Å². The van der Waals surface area contributed by atoms with Gasteiger partial charge in [-0.1, -0.05) is 36.4 Å². The van der Waals surface area contributed by atoms with E-state index in [0.29, 0.717) is 24.6 Å². The Morgan fingerprint density at radius 2 is 1.85 bits per heavy atom. The fourth-order valence-electron chi connectivity index (χ4n) is 4.21. The first-order valence-corrected chi connectivity index (χ1v) is 12.3. The highest BCUT2D eigenvalue weighted by molar-refractivity contribution is 5.99. The highest BCUT2D eigenvalue weighted by Crippen LogP contribution is 2.25. The predicted octanol–water partition coefficient (Wildman–Crippen LogP) is 4.59. The van der Waals surface area contributed by atoms with Crippen LogP contribution in [0.4, 0.5) is 10.2 Å². The lowest BCUT2D eigenvalue weighted by Crippen LogP contribution is -2.28. The van der Waals surface area contributed by atoms with Gasteiger partial charge in [0.05, 0.1) is 22.9 Å². The summed E-state index contributed by atoms with van der Waals surface area (Å²) < 4.78 is 13.3. The molecule has 1 amide bonds. The zero-order valence-corrected chi connectivity index (χ0v) is 21.1. The second-order valence-corrected chi connectivity index (χ2v) is 9.03. The van der Waals surface area contributed by atoms with Crippen LogP contribution in [0.2, 0.25) is 0 Å². The molecule has 3 aromatic heterocycles. The first-order chi connectivity index (χ1) is 18.9. The van der Waals surface area contributed by atoms with Gasteiger partial charge in [-0.2, -0.15) is 10.4 Å². The Hall–Kier alpha value is -5.14. The molecule has 0 saturated heterocycles. The van der Waals surface area contributed by atoms with Crippen LogP contribution in [-0.4, -0.2) is 26.1 Å². The van der Waals surface area contributed by atoms with Crippen LogP contribution in [0.5, 0.6) is 0 Å². The quantitative estimate of drug-likeness (QED) is 0.234. The lowest BCUT2D eigenvalue weighted by molar-refractivity contribution is 0.0940. The first-order valence-electron chi connectivity index (χ1n) is 12.3. The van der Waals surface area contributed by atoms with E-state index < -0.39 is 5.91 Å². The van der Waals surface area contributed by atoms with Crippen molar-refractivity contribution in [3.63, 3.8) is 0 Å². The largest absolute Gasteiger partial charge is 0.365 e. The molecule has 2 aromatic carbocycles. The second-order valence-electron chi connectivity index (χ2n) is 9.03. The van der Waals surface area contributed by atoms with Crippen LogP contribution in [0.3, 0.4) is 0 Å². The van der Waals surface area contributed by atoms with Crippen LogP contribution in [-0.2, 0) is 13.1 Å². The van der Waals surface area contributed by atoms with E-state index in [9.17, 15) is 14.4 Å². The van der Waals surface area contributed by atoms with Gasteiger partial charge in [-0.05, 0) is 47.9 Å². The number of nitriles is 1. The molecular formula is C29H25FN8O. The molecule has 0 saturated carbocycles. The number of aromatic amines is 1. The molecule has 0 aliphatic heterocycles. The van der Waals surface area contributed by atoms with Gasteiger partial charge in [0, 0.05) is 36.4 Å². The Morgan fingerprint density at radius 1 is 1.08 bits per heavy atom. The number of carbonyl (C=O) groups is 1. The van der Waals surface area contributed by atoms with Crippen molar-refractivity contribution in [3.05, 3.63) is 107 Å². The summed E-state index contributed by atoms with van der Waals surface area (Å²) in [6.45, 7) is 2.56. The van der Waals surface area contributed by atoms with Crippen molar-refractivity contribution in [2.24, 2.45) is 5.73 Å². The van der Waals surface area contributed by atoms with E-state index in [1.165, 1.54) is 24.4 Å². The molecule has 5 N–H and O–H groups in total. The Morgan fingerprint density at radius 3 is 2.56 bits per heavy atom. The number of hydrogen-bond donors (Lipinski definition) is 4. The zero-order valence-electron chi connectivity index (χ0n) is 21.1. The van der Waals surface area contributed by atoms with E-state index in [2.05, 4.69) is 30.8 Å². The van der Waals surface area contributed by atoms with Crippen LogP contribution in [0.1, 0.15) is 45.7 Å². The summed E-state index contributed by atoms with van der Waals surface area (Å²) in [5.41, 5.74) is 11.4. The summed E-state index contributed by atoms with van der Waals surface area (Å²) >= 11 is 0. The highest BCUT2D eigenvalue weighted by Gasteiger charge is 2.17. The van der Waals surface area contributed by atoms with Gasteiger partial charge in [0.1, 0.15) is 17.7 Å². The number of aromatic nitrogens is 4. The van der Waals surface area contributed by atoms with Gasteiger partial charge in [0.2, 0.25) is 0 Å². The van der Waals surface area contributed by atoms with Crippen molar-refractivity contribution >= 4 is 22.8 Å². The maximum Gasteiger partial charge on any atom is 0.255 e. The van der Waals surface area contributed by atoms with Crippen LogP contribution >= 0.6 is 0 Å². The van der Waals surface area contributed by atoms with Gasteiger partial charge in [-0.15, -0.1) is 0 Å². The minimum absolute atomic E-state index is 0.245. The van der Waals surface area contributed by atoms with E-state index in [-0.39, 0.29) is 23.0 Å². The smallest absolute Gasteiger partial charge is 0.255 e. The van der Waals surface area contributed by atoms with Crippen molar-refractivity contribution in [3.8, 4) is 17.2 Å². The van der Waals surface area contributed by atoms with Crippen LogP contribution < -0.4 is 16.4 Å². The number of halogens is 1. The molecular weight excluding hydrogens is 495 g/mol. The molecule has 5 aromatic rings. The molecule has 0 fully saturated rings. The normalized spacial score (nSPS) is 11.6. The number of benzene rings is 2. The van der Waals surface area contributed by atoms with Crippen LogP contribution in [0, 0.1) is 17.1 Å². The van der Waals surface area contributed by atoms with Crippen molar-refractivity contribution < 1.29 is 9.18 Å². The van der Waals surface area contributed by atoms with Gasteiger partial charge in [-0.3, -0.25) is 9.89 Å². The monoisotopic (exact) mass is 520 g/mol. The average Bonchev–Trinajstić information content (AvgIpc) is 3.39. The number of pyridine rings is 2. The molecule has 3 heterocycles. The Bertz CT molecular complexity index is 1670. The summed E-state index contributed by atoms with van der Waals surface area (Å²) in [7, 11) is 0. The van der Waals surface area contributed by atoms with Gasteiger partial charge in [0.15, 0.2) is 5.65 Å². The average molecular weight is 521 g/mol. The topological polar surface area (TPSA) is 145 Å². The Labute approximate surface area is 223 Å². The number of anilines is 1. The van der Waals surface area contributed by atoms with Crippen LogP contribution in [0.15, 0.2) is 73.1 Å². The number of H-pyrrole nitrogens is 1. The number of nitrogens with two attached hydrogens (primary N) is 1. The first kappa shape index (κ1) is 25.5. The van der Waals surface area contributed by atoms with Crippen molar-refractivity contribution in [2.45, 2.75) is 26.1 Å².